The Morgan fingerprint density at radius 2 is 1.79 bits per heavy atom. The van der Waals surface area contributed by atoms with Gasteiger partial charge in [0.15, 0.2) is 5.76 Å². The van der Waals surface area contributed by atoms with Gasteiger partial charge in [-0.05, 0) is 36.8 Å². The first kappa shape index (κ1) is 18.7. The molecule has 1 aliphatic rings. The normalized spacial score (nSPS) is 14.0. The fraction of sp³-hybridized carbons (Fsp3) is 0.238. The zero-order valence-electron chi connectivity index (χ0n) is 16.0. The molecule has 148 valence electrons. The van der Waals surface area contributed by atoms with Crippen LogP contribution in [0.4, 0.5) is 11.6 Å². The predicted molar refractivity (Wildman–Crippen MR) is 108 cm³/mol. The molecule has 29 heavy (non-hydrogen) atoms. The number of hydrogen-bond donors (Lipinski definition) is 1. The SMILES string of the molecule is Cc1cccc(NC(=O)c2cnc(N3CCN(C(=O)c4ccco4)CC3)nc2)c1. The number of benzene rings is 1. The molecule has 3 heterocycles. The smallest absolute Gasteiger partial charge is 0.289 e. The van der Waals surface area contributed by atoms with Crippen LogP contribution in [0.25, 0.3) is 0 Å². The number of amides is 2. The van der Waals surface area contributed by atoms with E-state index in [1.165, 1.54) is 18.7 Å². The van der Waals surface area contributed by atoms with Gasteiger partial charge in [-0.1, -0.05) is 12.1 Å². The van der Waals surface area contributed by atoms with Crippen LogP contribution >= 0.6 is 0 Å². The molecule has 1 aromatic carbocycles. The predicted octanol–water partition coefficient (Wildman–Crippen LogP) is 2.59. The summed E-state index contributed by atoms with van der Waals surface area (Å²) in [6.45, 7) is 4.30. The Balaban J connectivity index is 1.35. The lowest BCUT2D eigenvalue weighted by Crippen LogP contribution is -2.49. The number of hydrogen-bond acceptors (Lipinski definition) is 6. The Hall–Kier alpha value is -3.68. The Bertz CT molecular complexity index is 993. The molecule has 0 atom stereocenters. The second-order valence-corrected chi connectivity index (χ2v) is 6.85. The molecule has 8 nitrogen and oxygen atoms in total. The van der Waals surface area contributed by atoms with Crippen LogP contribution in [0.2, 0.25) is 0 Å². The maximum atomic E-state index is 12.4. The number of piperazine rings is 1. The average Bonchev–Trinajstić information content (AvgIpc) is 3.28. The molecule has 1 fully saturated rings. The highest BCUT2D eigenvalue weighted by molar-refractivity contribution is 6.03. The second kappa shape index (κ2) is 8.14. The topological polar surface area (TPSA) is 91.6 Å². The van der Waals surface area contributed by atoms with Crippen molar-refractivity contribution in [2.24, 2.45) is 0 Å². The zero-order chi connectivity index (χ0) is 20.2. The highest BCUT2D eigenvalue weighted by Gasteiger charge is 2.25. The summed E-state index contributed by atoms with van der Waals surface area (Å²) in [6.07, 6.45) is 4.54. The largest absolute Gasteiger partial charge is 0.459 e. The molecular formula is C21H21N5O3. The molecule has 3 aromatic rings. The van der Waals surface area contributed by atoms with Crippen molar-refractivity contribution in [2.75, 3.05) is 36.4 Å². The van der Waals surface area contributed by atoms with E-state index in [2.05, 4.69) is 15.3 Å². The van der Waals surface area contributed by atoms with Gasteiger partial charge in [-0.15, -0.1) is 0 Å². The summed E-state index contributed by atoms with van der Waals surface area (Å²) in [7, 11) is 0. The van der Waals surface area contributed by atoms with E-state index >= 15 is 0 Å². The molecule has 0 unspecified atom stereocenters. The highest BCUT2D eigenvalue weighted by atomic mass is 16.3. The maximum absolute atomic E-state index is 12.4. The van der Waals surface area contributed by atoms with Gasteiger partial charge in [0.05, 0.1) is 11.8 Å². The third-order valence-electron chi connectivity index (χ3n) is 4.76. The van der Waals surface area contributed by atoms with Gasteiger partial charge in [-0.2, -0.15) is 0 Å². The fourth-order valence-electron chi connectivity index (χ4n) is 3.19. The molecule has 0 spiro atoms. The van der Waals surface area contributed by atoms with Crippen LogP contribution in [-0.4, -0.2) is 52.9 Å². The van der Waals surface area contributed by atoms with Gasteiger partial charge >= 0.3 is 0 Å². The van der Waals surface area contributed by atoms with E-state index in [0.29, 0.717) is 43.5 Å². The lowest BCUT2D eigenvalue weighted by atomic mass is 10.2. The zero-order valence-corrected chi connectivity index (χ0v) is 16.0. The molecule has 2 amide bonds. The minimum absolute atomic E-state index is 0.112. The van der Waals surface area contributed by atoms with Crippen molar-refractivity contribution in [2.45, 2.75) is 6.92 Å². The van der Waals surface area contributed by atoms with Gasteiger partial charge in [-0.3, -0.25) is 9.59 Å². The summed E-state index contributed by atoms with van der Waals surface area (Å²) in [6, 6.07) is 11.0. The van der Waals surface area contributed by atoms with Gasteiger partial charge < -0.3 is 19.5 Å². The molecule has 0 aliphatic carbocycles. The third kappa shape index (κ3) is 4.26. The summed E-state index contributed by atoms with van der Waals surface area (Å²) in [5.74, 6) is 0.524. The molecule has 1 N–H and O–H groups in total. The van der Waals surface area contributed by atoms with Crippen LogP contribution in [0.5, 0.6) is 0 Å². The lowest BCUT2D eigenvalue weighted by Gasteiger charge is -2.34. The van der Waals surface area contributed by atoms with E-state index in [-0.39, 0.29) is 11.8 Å². The molecule has 0 radical (unpaired) electrons. The van der Waals surface area contributed by atoms with Crippen molar-refractivity contribution in [1.82, 2.24) is 14.9 Å². The maximum Gasteiger partial charge on any atom is 0.289 e. The quantitative estimate of drug-likeness (QED) is 0.735. The van der Waals surface area contributed by atoms with Crippen molar-refractivity contribution in [3.05, 3.63) is 71.9 Å². The first-order valence-electron chi connectivity index (χ1n) is 9.38. The Labute approximate surface area is 168 Å². The molecule has 1 saturated heterocycles. The van der Waals surface area contributed by atoms with Crippen molar-refractivity contribution in [1.29, 1.82) is 0 Å². The van der Waals surface area contributed by atoms with Crippen LogP contribution in [0.15, 0.2) is 59.5 Å². The van der Waals surface area contributed by atoms with Crippen molar-refractivity contribution >= 4 is 23.5 Å². The van der Waals surface area contributed by atoms with Gasteiger partial charge in [0, 0.05) is 44.3 Å². The number of rotatable bonds is 4. The number of aromatic nitrogens is 2. The molecule has 8 heteroatoms. The monoisotopic (exact) mass is 391 g/mol. The fourth-order valence-corrected chi connectivity index (χ4v) is 3.19. The van der Waals surface area contributed by atoms with E-state index in [1.54, 1.807) is 17.0 Å². The highest BCUT2D eigenvalue weighted by Crippen LogP contribution is 2.15. The van der Waals surface area contributed by atoms with E-state index in [4.69, 9.17) is 4.42 Å². The van der Waals surface area contributed by atoms with Crippen LogP contribution in [0.1, 0.15) is 26.5 Å². The number of nitrogens with one attached hydrogen (secondary N) is 1. The number of anilines is 2. The van der Waals surface area contributed by atoms with E-state index < -0.39 is 0 Å². The van der Waals surface area contributed by atoms with Crippen LogP contribution in [0, 0.1) is 6.92 Å². The Morgan fingerprint density at radius 3 is 2.45 bits per heavy atom. The van der Waals surface area contributed by atoms with Crippen molar-refractivity contribution < 1.29 is 14.0 Å². The number of carbonyl (C=O) groups is 2. The Morgan fingerprint density at radius 1 is 1.03 bits per heavy atom. The molecule has 1 aliphatic heterocycles. The standard InChI is InChI=1S/C21H21N5O3/c1-15-4-2-5-17(12-15)24-19(27)16-13-22-21(23-14-16)26-9-7-25(8-10-26)20(28)18-6-3-11-29-18/h2-6,11-14H,7-10H2,1H3,(H,24,27). The summed E-state index contributed by atoms with van der Waals surface area (Å²) in [5, 5.41) is 2.84. The molecule has 2 aromatic heterocycles. The minimum atomic E-state index is -0.254. The number of carbonyl (C=O) groups excluding carboxylic acids is 2. The van der Waals surface area contributed by atoms with E-state index in [0.717, 1.165) is 11.3 Å². The van der Waals surface area contributed by atoms with Crippen molar-refractivity contribution in [3.8, 4) is 0 Å². The third-order valence-corrected chi connectivity index (χ3v) is 4.76. The van der Waals surface area contributed by atoms with Crippen LogP contribution < -0.4 is 10.2 Å². The van der Waals surface area contributed by atoms with Crippen molar-refractivity contribution in [3.63, 3.8) is 0 Å². The molecular weight excluding hydrogens is 370 g/mol. The molecule has 0 bridgehead atoms. The number of furan rings is 1. The number of aryl methyl sites for hydroxylation is 1. The summed E-state index contributed by atoms with van der Waals surface area (Å²) >= 11 is 0. The van der Waals surface area contributed by atoms with Crippen LogP contribution in [0.3, 0.4) is 0 Å². The van der Waals surface area contributed by atoms with E-state index in [1.807, 2.05) is 36.1 Å². The summed E-state index contributed by atoms with van der Waals surface area (Å²) in [4.78, 5) is 37.1. The van der Waals surface area contributed by atoms with Gasteiger partial charge in [0.1, 0.15) is 0 Å². The van der Waals surface area contributed by atoms with E-state index in [9.17, 15) is 9.59 Å². The van der Waals surface area contributed by atoms with Gasteiger partial charge in [0.25, 0.3) is 11.8 Å². The van der Waals surface area contributed by atoms with Gasteiger partial charge in [0.2, 0.25) is 5.95 Å². The minimum Gasteiger partial charge on any atom is -0.459 e. The average molecular weight is 391 g/mol. The van der Waals surface area contributed by atoms with Crippen LogP contribution in [-0.2, 0) is 0 Å². The first-order valence-corrected chi connectivity index (χ1v) is 9.38. The Kier molecular flexibility index (Phi) is 5.24. The van der Waals surface area contributed by atoms with Gasteiger partial charge in [-0.25, -0.2) is 9.97 Å². The second-order valence-electron chi connectivity index (χ2n) is 6.85. The summed E-state index contributed by atoms with van der Waals surface area (Å²) in [5.41, 5.74) is 2.19. The lowest BCUT2D eigenvalue weighted by molar-refractivity contribution is 0.0714. The first-order chi connectivity index (χ1) is 14.1. The molecule has 4 rings (SSSR count). The molecule has 0 saturated carbocycles. The number of nitrogens with zero attached hydrogens (tertiary/aromatic N) is 4. The summed E-state index contributed by atoms with van der Waals surface area (Å²) < 4.78 is 5.18.